The number of para-hydroxylation sites is 1. The molecule has 0 spiro atoms. The van der Waals surface area contributed by atoms with Gasteiger partial charge in [0.25, 0.3) is 0 Å². The minimum absolute atomic E-state index is 0.632. The van der Waals surface area contributed by atoms with Gasteiger partial charge in [0.2, 0.25) is 0 Å². The zero-order chi connectivity index (χ0) is 14.3. The average Bonchev–Trinajstić information content (AvgIpc) is 2.80. The smallest absolute Gasteiger partial charge is 0.232 e. The van der Waals surface area contributed by atoms with E-state index in [1.54, 1.807) is 10.5 Å². The topological polar surface area (TPSA) is 42.3 Å². The summed E-state index contributed by atoms with van der Waals surface area (Å²) in [6, 6.07) is 5.92. The lowest BCUT2D eigenvalue weighted by atomic mass is 10.1. The molecule has 1 aliphatic rings. The summed E-state index contributed by atoms with van der Waals surface area (Å²) in [7, 11) is -3.44. The van der Waals surface area contributed by atoms with Crippen molar-refractivity contribution < 1.29 is 8.42 Å². The fourth-order valence-corrected chi connectivity index (χ4v) is 4.71. The highest BCUT2D eigenvalue weighted by Gasteiger charge is 2.27. The van der Waals surface area contributed by atoms with E-state index in [-0.39, 0.29) is 0 Å². The SMILES string of the molecule is Cc1cn(S(=O)(=O)N2CCCCC2)c2c(C)cccc12. The number of rotatable bonds is 2. The van der Waals surface area contributed by atoms with Gasteiger partial charge in [0.1, 0.15) is 0 Å². The molecule has 1 aromatic heterocycles. The minimum atomic E-state index is -3.44. The van der Waals surface area contributed by atoms with Crippen LogP contribution in [0.3, 0.4) is 0 Å². The van der Waals surface area contributed by atoms with Crippen LogP contribution in [0.4, 0.5) is 0 Å². The van der Waals surface area contributed by atoms with E-state index >= 15 is 0 Å². The van der Waals surface area contributed by atoms with Gasteiger partial charge >= 0.3 is 10.2 Å². The molecule has 2 aromatic rings. The van der Waals surface area contributed by atoms with E-state index in [1.165, 1.54) is 3.97 Å². The lowest BCUT2D eigenvalue weighted by Crippen LogP contribution is -2.39. The van der Waals surface area contributed by atoms with E-state index in [2.05, 4.69) is 0 Å². The third-order valence-electron chi connectivity index (χ3n) is 4.08. The number of fused-ring (bicyclic) bond motifs is 1. The highest BCUT2D eigenvalue weighted by molar-refractivity contribution is 7.87. The zero-order valence-corrected chi connectivity index (χ0v) is 12.8. The number of aryl methyl sites for hydroxylation is 2. The first kappa shape index (κ1) is 13.6. The van der Waals surface area contributed by atoms with Crippen molar-refractivity contribution in [1.82, 2.24) is 8.28 Å². The Hall–Kier alpha value is -1.33. The van der Waals surface area contributed by atoms with E-state index in [0.29, 0.717) is 13.1 Å². The van der Waals surface area contributed by atoms with Gasteiger partial charge in [-0.1, -0.05) is 24.6 Å². The van der Waals surface area contributed by atoms with Gasteiger partial charge in [-0.05, 0) is 37.8 Å². The summed E-state index contributed by atoms with van der Waals surface area (Å²) in [5.74, 6) is 0. The molecule has 1 saturated heterocycles. The van der Waals surface area contributed by atoms with Gasteiger partial charge in [0.05, 0.1) is 5.52 Å². The van der Waals surface area contributed by atoms with E-state index < -0.39 is 10.2 Å². The van der Waals surface area contributed by atoms with Crippen LogP contribution in [0.25, 0.3) is 10.9 Å². The molecule has 2 heterocycles. The molecular formula is C15H20N2O2S. The quantitative estimate of drug-likeness (QED) is 0.854. The Labute approximate surface area is 120 Å². The molecule has 0 aliphatic carbocycles. The van der Waals surface area contributed by atoms with Crippen LogP contribution < -0.4 is 0 Å². The van der Waals surface area contributed by atoms with Crippen LogP contribution in [0.15, 0.2) is 24.4 Å². The fraction of sp³-hybridized carbons (Fsp3) is 0.467. The summed E-state index contributed by atoms with van der Waals surface area (Å²) >= 11 is 0. The fourth-order valence-electron chi connectivity index (χ4n) is 2.98. The number of aromatic nitrogens is 1. The third-order valence-corrected chi connectivity index (χ3v) is 5.89. The maximum atomic E-state index is 12.9. The summed E-state index contributed by atoms with van der Waals surface area (Å²) in [6.07, 6.45) is 4.78. The molecule has 0 unspecified atom stereocenters. The predicted octanol–water partition coefficient (Wildman–Crippen LogP) is 2.84. The maximum Gasteiger partial charge on any atom is 0.307 e. The standard InChI is InChI=1S/C15H20N2O2S/c1-12-7-6-8-14-13(2)11-17(15(12)14)20(18,19)16-9-4-3-5-10-16/h6-8,11H,3-5,9-10H2,1-2H3. The second kappa shape index (κ2) is 4.90. The van der Waals surface area contributed by atoms with Crippen molar-refractivity contribution in [2.75, 3.05) is 13.1 Å². The third kappa shape index (κ3) is 2.05. The molecule has 0 saturated carbocycles. The van der Waals surface area contributed by atoms with Gasteiger partial charge in [-0.2, -0.15) is 12.7 Å². The molecule has 108 valence electrons. The number of benzene rings is 1. The summed E-state index contributed by atoms with van der Waals surface area (Å²) < 4.78 is 28.8. The zero-order valence-electron chi connectivity index (χ0n) is 12.0. The Kier molecular flexibility index (Phi) is 3.34. The Morgan fingerprint density at radius 2 is 1.70 bits per heavy atom. The van der Waals surface area contributed by atoms with Crippen LogP contribution in [-0.2, 0) is 10.2 Å². The number of hydrogen-bond acceptors (Lipinski definition) is 2. The second-order valence-corrected chi connectivity index (χ2v) is 7.35. The summed E-state index contributed by atoms with van der Waals surface area (Å²) in [6.45, 7) is 5.19. The molecule has 5 heteroatoms. The van der Waals surface area contributed by atoms with Crippen molar-refractivity contribution in [1.29, 1.82) is 0 Å². The van der Waals surface area contributed by atoms with E-state index in [9.17, 15) is 8.42 Å². The first-order valence-electron chi connectivity index (χ1n) is 7.10. The number of piperidine rings is 1. The van der Waals surface area contributed by atoms with Crippen LogP contribution in [0, 0.1) is 13.8 Å². The van der Waals surface area contributed by atoms with Crippen molar-refractivity contribution in [3.8, 4) is 0 Å². The first-order valence-corrected chi connectivity index (χ1v) is 8.49. The van der Waals surface area contributed by atoms with Crippen molar-refractivity contribution >= 4 is 21.1 Å². The molecule has 0 amide bonds. The Morgan fingerprint density at radius 1 is 1.00 bits per heavy atom. The van der Waals surface area contributed by atoms with Crippen molar-refractivity contribution in [2.45, 2.75) is 33.1 Å². The Bertz CT molecular complexity index is 741. The van der Waals surface area contributed by atoms with Crippen LogP contribution >= 0.6 is 0 Å². The lowest BCUT2D eigenvalue weighted by molar-refractivity contribution is 0.343. The highest BCUT2D eigenvalue weighted by Crippen LogP contribution is 2.27. The molecule has 0 radical (unpaired) electrons. The average molecular weight is 292 g/mol. The van der Waals surface area contributed by atoms with Crippen LogP contribution in [0.1, 0.15) is 30.4 Å². The Balaban J connectivity index is 2.19. The molecule has 3 rings (SSSR count). The number of nitrogens with zero attached hydrogens (tertiary/aromatic N) is 2. The summed E-state index contributed by atoms with van der Waals surface area (Å²) in [5, 5.41) is 1.02. The van der Waals surface area contributed by atoms with Crippen LogP contribution in [0.5, 0.6) is 0 Å². The van der Waals surface area contributed by atoms with Crippen LogP contribution in [-0.4, -0.2) is 29.8 Å². The van der Waals surface area contributed by atoms with E-state index in [1.807, 2.05) is 32.0 Å². The molecule has 1 aliphatic heterocycles. The molecule has 4 nitrogen and oxygen atoms in total. The largest absolute Gasteiger partial charge is 0.307 e. The second-order valence-electron chi connectivity index (χ2n) is 5.55. The van der Waals surface area contributed by atoms with Crippen molar-refractivity contribution in [2.24, 2.45) is 0 Å². The maximum absolute atomic E-state index is 12.9. The van der Waals surface area contributed by atoms with Gasteiger partial charge in [0.15, 0.2) is 0 Å². The highest BCUT2D eigenvalue weighted by atomic mass is 32.2. The molecule has 0 bridgehead atoms. The molecule has 0 atom stereocenters. The monoisotopic (exact) mass is 292 g/mol. The van der Waals surface area contributed by atoms with Gasteiger partial charge in [-0.3, -0.25) is 0 Å². The van der Waals surface area contributed by atoms with Gasteiger partial charge in [0, 0.05) is 24.7 Å². The van der Waals surface area contributed by atoms with Crippen LogP contribution in [0.2, 0.25) is 0 Å². The minimum Gasteiger partial charge on any atom is -0.232 e. The number of hydrogen-bond donors (Lipinski definition) is 0. The van der Waals surface area contributed by atoms with Gasteiger partial charge in [-0.25, -0.2) is 3.97 Å². The van der Waals surface area contributed by atoms with Gasteiger partial charge in [-0.15, -0.1) is 0 Å². The van der Waals surface area contributed by atoms with Crippen molar-refractivity contribution in [3.63, 3.8) is 0 Å². The Morgan fingerprint density at radius 3 is 2.40 bits per heavy atom. The van der Waals surface area contributed by atoms with Crippen molar-refractivity contribution in [3.05, 3.63) is 35.5 Å². The van der Waals surface area contributed by atoms with E-state index in [4.69, 9.17) is 0 Å². The molecule has 0 N–H and O–H groups in total. The molecule has 1 fully saturated rings. The lowest BCUT2D eigenvalue weighted by Gasteiger charge is -2.26. The molecule has 1 aromatic carbocycles. The van der Waals surface area contributed by atoms with Gasteiger partial charge < -0.3 is 0 Å². The first-order chi connectivity index (χ1) is 9.51. The molecular weight excluding hydrogens is 272 g/mol. The summed E-state index contributed by atoms with van der Waals surface area (Å²) in [4.78, 5) is 0. The molecule has 20 heavy (non-hydrogen) atoms. The summed E-state index contributed by atoms with van der Waals surface area (Å²) in [5.41, 5.74) is 2.82. The normalized spacial score (nSPS) is 17.7. The predicted molar refractivity (Wildman–Crippen MR) is 81.2 cm³/mol. The van der Waals surface area contributed by atoms with E-state index in [0.717, 1.165) is 41.3 Å².